The minimum absolute atomic E-state index is 0.165. The first-order chi connectivity index (χ1) is 8.20. The summed E-state index contributed by atoms with van der Waals surface area (Å²) in [5, 5.41) is 7.93. The fourth-order valence-electron chi connectivity index (χ4n) is 1.96. The molecule has 1 unspecified atom stereocenters. The van der Waals surface area contributed by atoms with Crippen molar-refractivity contribution >= 4 is 27.5 Å². The Morgan fingerprint density at radius 2 is 2.06 bits per heavy atom. The molecule has 5 heteroatoms. The molecule has 1 atom stereocenters. The number of halogens is 2. The Hall–Kier alpha value is -0.0600. The SMILES string of the molecule is Cc1nn(C)c(CNCC(Cl)CC(C)(C)C)c1Br. The van der Waals surface area contributed by atoms with Crippen molar-refractivity contribution < 1.29 is 0 Å². The summed E-state index contributed by atoms with van der Waals surface area (Å²) in [6.07, 6.45) is 1.01. The van der Waals surface area contributed by atoms with Gasteiger partial charge in [-0.15, -0.1) is 11.6 Å². The zero-order valence-corrected chi connectivity index (χ0v) is 14.2. The number of nitrogens with zero attached hydrogens (tertiary/aromatic N) is 2. The lowest BCUT2D eigenvalue weighted by atomic mass is 9.90. The molecule has 104 valence electrons. The van der Waals surface area contributed by atoms with Gasteiger partial charge in [-0.05, 0) is 34.7 Å². The van der Waals surface area contributed by atoms with Crippen molar-refractivity contribution in [2.75, 3.05) is 6.54 Å². The third-order valence-corrected chi connectivity index (χ3v) is 4.09. The number of alkyl halides is 1. The number of rotatable bonds is 5. The van der Waals surface area contributed by atoms with Crippen LogP contribution < -0.4 is 5.32 Å². The van der Waals surface area contributed by atoms with E-state index in [1.165, 1.54) is 0 Å². The average molecular weight is 337 g/mol. The van der Waals surface area contributed by atoms with Gasteiger partial charge in [0.15, 0.2) is 0 Å². The fraction of sp³-hybridized carbons (Fsp3) is 0.769. The molecule has 0 spiro atoms. The first kappa shape index (κ1) is 16.0. The van der Waals surface area contributed by atoms with E-state index in [-0.39, 0.29) is 10.8 Å². The molecule has 0 aromatic carbocycles. The fourth-order valence-corrected chi connectivity index (χ4v) is 3.00. The van der Waals surface area contributed by atoms with Gasteiger partial charge in [0.05, 0.1) is 15.9 Å². The molecule has 0 radical (unpaired) electrons. The molecule has 0 amide bonds. The molecular formula is C13H23BrClN3. The molecule has 0 bridgehead atoms. The normalized spacial score (nSPS) is 13.9. The second-order valence-corrected chi connectivity index (χ2v) is 7.37. The topological polar surface area (TPSA) is 29.9 Å². The van der Waals surface area contributed by atoms with E-state index in [4.69, 9.17) is 11.6 Å². The van der Waals surface area contributed by atoms with E-state index < -0.39 is 0 Å². The predicted molar refractivity (Wildman–Crippen MR) is 81.1 cm³/mol. The quantitative estimate of drug-likeness (QED) is 0.832. The standard InChI is InChI=1S/C13H23BrClN3/c1-9-12(14)11(18(5)17-9)8-16-7-10(15)6-13(2,3)4/h10,16H,6-8H2,1-5H3. The summed E-state index contributed by atoms with van der Waals surface area (Å²) in [5.41, 5.74) is 2.45. The van der Waals surface area contributed by atoms with Crippen LogP contribution in [0, 0.1) is 12.3 Å². The van der Waals surface area contributed by atoms with Gasteiger partial charge in [0.25, 0.3) is 0 Å². The summed E-state index contributed by atoms with van der Waals surface area (Å²) < 4.78 is 2.99. The molecule has 18 heavy (non-hydrogen) atoms. The summed E-state index contributed by atoms with van der Waals surface area (Å²) in [5.74, 6) is 0. The van der Waals surface area contributed by atoms with E-state index >= 15 is 0 Å². The zero-order chi connectivity index (χ0) is 13.9. The Labute approximate surface area is 123 Å². The van der Waals surface area contributed by atoms with Crippen LogP contribution >= 0.6 is 27.5 Å². The highest BCUT2D eigenvalue weighted by Gasteiger charge is 2.17. The number of aromatic nitrogens is 2. The Kier molecular flexibility index (Phi) is 5.68. The van der Waals surface area contributed by atoms with Crippen LogP contribution in [0.4, 0.5) is 0 Å². The highest BCUT2D eigenvalue weighted by Crippen LogP contribution is 2.23. The minimum atomic E-state index is 0.165. The van der Waals surface area contributed by atoms with Gasteiger partial charge in [-0.3, -0.25) is 4.68 Å². The van der Waals surface area contributed by atoms with Gasteiger partial charge in [-0.1, -0.05) is 20.8 Å². The van der Waals surface area contributed by atoms with Gasteiger partial charge in [0, 0.05) is 25.5 Å². The summed E-state index contributed by atoms with van der Waals surface area (Å²) in [4.78, 5) is 0. The van der Waals surface area contributed by atoms with Gasteiger partial charge < -0.3 is 5.32 Å². The second-order valence-electron chi connectivity index (χ2n) is 5.96. The second kappa shape index (κ2) is 6.40. The number of aryl methyl sites for hydroxylation is 2. The van der Waals surface area contributed by atoms with Gasteiger partial charge in [-0.2, -0.15) is 5.10 Å². The third kappa shape index (κ3) is 4.90. The molecule has 1 rings (SSSR count). The van der Waals surface area contributed by atoms with Gasteiger partial charge in [0.1, 0.15) is 0 Å². The summed E-state index contributed by atoms with van der Waals surface area (Å²) in [7, 11) is 1.96. The van der Waals surface area contributed by atoms with Crippen LogP contribution in [0.2, 0.25) is 0 Å². The van der Waals surface area contributed by atoms with Crippen LogP contribution in [0.5, 0.6) is 0 Å². The first-order valence-electron chi connectivity index (χ1n) is 6.23. The van der Waals surface area contributed by atoms with Crippen LogP contribution in [0.3, 0.4) is 0 Å². The van der Waals surface area contributed by atoms with E-state index in [1.807, 2.05) is 18.7 Å². The van der Waals surface area contributed by atoms with Crippen LogP contribution in [-0.2, 0) is 13.6 Å². The molecule has 0 saturated heterocycles. The van der Waals surface area contributed by atoms with Crippen molar-refractivity contribution in [3.8, 4) is 0 Å². The highest BCUT2D eigenvalue weighted by molar-refractivity contribution is 9.10. The molecule has 3 nitrogen and oxygen atoms in total. The Balaban J connectivity index is 2.42. The lowest BCUT2D eigenvalue weighted by Gasteiger charge is -2.22. The summed E-state index contributed by atoms with van der Waals surface area (Å²) in [6, 6.07) is 0. The van der Waals surface area contributed by atoms with E-state index in [1.54, 1.807) is 0 Å². The molecule has 0 fully saturated rings. The number of hydrogen-bond donors (Lipinski definition) is 1. The largest absolute Gasteiger partial charge is 0.310 e. The van der Waals surface area contributed by atoms with Crippen LogP contribution in [0.25, 0.3) is 0 Å². The monoisotopic (exact) mass is 335 g/mol. The smallest absolute Gasteiger partial charge is 0.0739 e. The van der Waals surface area contributed by atoms with Crippen molar-refractivity contribution in [2.45, 2.75) is 46.0 Å². The Bertz CT molecular complexity index is 396. The van der Waals surface area contributed by atoms with Crippen LogP contribution in [0.15, 0.2) is 4.47 Å². The molecule has 1 N–H and O–H groups in total. The van der Waals surface area contributed by atoms with E-state index in [0.717, 1.165) is 35.4 Å². The van der Waals surface area contributed by atoms with Crippen molar-refractivity contribution in [2.24, 2.45) is 12.5 Å². The maximum Gasteiger partial charge on any atom is 0.0739 e. The molecular weight excluding hydrogens is 314 g/mol. The zero-order valence-electron chi connectivity index (χ0n) is 11.8. The molecule has 1 aromatic rings. The van der Waals surface area contributed by atoms with E-state index in [2.05, 4.69) is 47.1 Å². The predicted octanol–water partition coefficient (Wildman–Crippen LogP) is 3.62. The maximum absolute atomic E-state index is 6.32. The van der Waals surface area contributed by atoms with Crippen molar-refractivity contribution in [3.63, 3.8) is 0 Å². The molecule has 1 aromatic heterocycles. The van der Waals surface area contributed by atoms with E-state index in [0.29, 0.717) is 0 Å². The first-order valence-corrected chi connectivity index (χ1v) is 7.46. The molecule has 1 heterocycles. The van der Waals surface area contributed by atoms with E-state index in [9.17, 15) is 0 Å². The van der Waals surface area contributed by atoms with Crippen molar-refractivity contribution in [3.05, 3.63) is 15.9 Å². The third-order valence-electron chi connectivity index (χ3n) is 2.75. The molecule has 0 aliphatic rings. The van der Waals surface area contributed by atoms with Gasteiger partial charge in [0.2, 0.25) is 0 Å². The minimum Gasteiger partial charge on any atom is -0.310 e. The number of hydrogen-bond acceptors (Lipinski definition) is 2. The van der Waals surface area contributed by atoms with Crippen molar-refractivity contribution in [1.82, 2.24) is 15.1 Å². The summed E-state index contributed by atoms with van der Waals surface area (Å²) in [6.45, 7) is 10.2. The van der Waals surface area contributed by atoms with Gasteiger partial charge in [-0.25, -0.2) is 0 Å². The van der Waals surface area contributed by atoms with Crippen molar-refractivity contribution in [1.29, 1.82) is 0 Å². The van der Waals surface area contributed by atoms with Crippen LogP contribution in [0.1, 0.15) is 38.6 Å². The lowest BCUT2D eigenvalue weighted by molar-refractivity contribution is 0.364. The maximum atomic E-state index is 6.32. The Morgan fingerprint density at radius 3 is 2.50 bits per heavy atom. The van der Waals surface area contributed by atoms with Crippen LogP contribution in [-0.4, -0.2) is 21.7 Å². The number of nitrogens with one attached hydrogen (secondary N) is 1. The highest BCUT2D eigenvalue weighted by atomic mass is 79.9. The Morgan fingerprint density at radius 1 is 1.44 bits per heavy atom. The molecule has 0 saturated carbocycles. The molecule has 0 aliphatic carbocycles. The summed E-state index contributed by atoms with van der Waals surface area (Å²) >= 11 is 9.88. The molecule has 0 aliphatic heterocycles. The average Bonchev–Trinajstić information content (AvgIpc) is 2.41. The van der Waals surface area contributed by atoms with Gasteiger partial charge >= 0.3 is 0 Å². The lowest BCUT2D eigenvalue weighted by Crippen LogP contribution is -2.27.